The Balaban J connectivity index is 1.74. The van der Waals surface area contributed by atoms with Gasteiger partial charge in [0.15, 0.2) is 0 Å². The lowest BCUT2D eigenvalue weighted by atomic mass is 10.0. The van der Waals surface area contributed by atoms with E-state index < -0.39 is 60.6 Å². The van der Waals surface area contributed by atoms with Gasteiger partial charge in [0.2, 0.25) is 23.6 Å². The van der Waals surface area contributed by atoms with Crippen LogP contribution in [-0.2, 0) is 48.7 Å². The van der Waals surface area contributed by atoms with Crippen molar-refractivity contribution in [2.24, 2.45) is 5.73 Å². The van der Waals surface area contributed by atoms with Gasteiger partial charge in [-0.25, -0.2) is 0 Å². The second kappa shape index (κ2) is 19.0. The van der Waals surface area contributed by atoms with Crippen molar-refractivity contribution in [2.75, 3.05) is 6.54 Å². The van der Waals surface area contributed by atoms with Gasteiger partial charge in [-0.15, -0.1) is 0 Å². The van der Waals surface area contributed by atoms with Gasteiger partial charge in [0.05, 0.1) is 0 Å². The number of halogens is 2. The van der Waals surface area contributed by atoms with E-state index in [4.69, 9.17) is 15.5 Å². The lowest BCUT2D eigenvalue weighted by Gasteiger charge is -2.25. The van der Waals surface area contributed by atoms with Gasteiger partial charge in [-0.2, -0.15) is 8.78 Å². The van der Waals surface area contributed by atoms with E-state index in [9.17, 15) is 37.3 Å². The Kier molecular flexibility index (Phi) is 15.2. The number of alkyl halides is 2. The topological polar surface area (TPSA) is 217 Å². The molecule has 0 heterocycles. The van der Waals surface area contributed by atoms with Crippen LogP contribution in [0.25, 0.3) is 0 Å². The molecule has 0 aliphatic heterocycles. The molecule has 8 N–H and O–H groups in total. The minimum atomic E-state index is -5.83. The first kappa shape index (κ1) is 41.4. The molecular formula is C36H44F2N5O8P. The summed E-state index contributed by atoms with van der Waals surface area (Å²) in [4.78, 5) is 82.1. The summed E-state index contributed by atoms with van der Waals surface area (Å²) in [5.41, 5.74) is 2.70. The van der Waals surface area contributed by atoms with E-state index in [-0.39, 0.29) is 37.3 Å². The standard InChI is InChI=1S/C36H44F2N5O8P/c1-3-24-12-16-27(17-13-24)33(46)40-20-8-7-11-29(32(39)45)42-35(48)31(22-26-14-18-28(19-15-26)36(37,38)52(49,50)51)43-34(47)30(41-23(2)44)21-25-9-5-4-6-10-25/h4-6,9-10,12-19,29-31H,3,7-8,11,20-22H2,1-2H3,(H2,39,45)(H,40,46)(H,41,44)(H,42,48)(H,43,47)(H2,49,50,51)/t29-,30-,31-/m0/s1. The number of hydrogen-bond acceptors (Lipinski definition) is 6. The number of nitrogens with two attached hydrogens (primary N) is 1. The van der Waals surface area contributed by atoms with Crippen LogP contribution in [0.3, 0.4) is 0 Å². The Morgan fingerprint density at radius 1 is 0.750 bits per heavy atom. The molecule has 0 bridgehead atoms. The fourth-order valence-electron chi connectivity index (χ4n) is 5.26. The summed E-state index contributed by atoms with van der Waals surface area (Å²) in [5, 5.41) is 10.5. The smallest absolute Gasteiger partial charge is 0.368 e. The van der Waals surface area contributed by atoms with Crippen molar-refractivity contribution < 1.29 is 47.1 Å². The fraction of sp³-hybridized carbons (Fsp3) is 0.361. The minimum Gasteiger partial charge on any atom is -0.368 e. The van der Waals surface area contributed by atoms with Gasteiger partial charge in [-0.1, -0.05) is 73.7 Å². The van der Waals surface area contributed by atoms with Gasteiger partial charge in [0.25, 0.3) is 5.91 Å². The van der Waals surface area contributed by atoms with Gasteiger partial charge >= 0.3 is 13.3 Å². The number of benzene rings is 3. The first-order chi connectivity index (χ1) is 24.5. The molecular weight excluding hydrogens is 699 g/mol. The van der Waals surface area contributed by atoms with Gasteiger partial charge in [0.1, 0.15) is 18.1 Å². The molecule has 16 heteroatoms. The number of carbonyl (C=O) groups excluding carboxylic acids is 5. The molecule has 13 nitrogen and oxygen atoms in total. The normalized spacial score (nSPS) is 13.3. The average molecular weight is 744 g/mol. The highest BCUT2D eigenvalue weighted by Gasteiger charge is 2.50. The molecule has 0 unspecified atom stereocenters. The first-order valence-corrected chi connectivity index (χ1v) is 18.2. The SMILES string of the molecule is CCc1ccc(C(=O)NCCCC[C@H](NC(=O)[C@H](Cc2ccc(C(F)(F)P(=O)(O)O)cc2)NC(=O)[C@H](Cc2ccccc2)NC(C)=O)C(N)=O)cc1. The lowest BCUT2D eigenvalue weighted by molar-refractivity contribution is -0.133. The number of rotatable bonds is 19. The fourth-order valence-corrected chi connectivity index (χ4v) is 5.74. The van der Waals surface area contributed by atoms with Gasteiger partial charge in [-0.3, -0.25) is 28.5 Å². The van der Waals surface area contributed by atoms with Gasteiger partial charge < -0.3 is 36.8 Å². The summed E-state index contributed by atoms with van der Waals surface area (Å²) in [6, 6.07) is 16.1. The summed E-state index contributed by atoms with van der Waals surface area (Å²) >= 11 is 0. The second-order valence-corrected chi connectivity index (χ2v) is 13.9. The van der Waals surface area contributed by atoms with E-state index in [0.29, 0.717) is 24.0 Å². The molecule has 0 saturated heterocycles. The largest absolute Gasteiger partial charge is 0.399 e. The zero-order valence-corrected chi connectivity index (χ0v) is 29.7. The maximum atomic E-state index is 14.3. The third-order valence-electron chi connectivity index (χ3n) is 8.21. The van der Waals surface area contributed by atoms with Crippen molar-refractivity contribution in [2.45, 2.75) is 76.2 Å². The molecule has 3 aromatic carbocycles. The average Bonchev–Trinajstić information content (AvgIpc) is 3.10. The van der Waals surface area contributed by atoms with Crippen LogP contribution in [0.15, 0.2) is 78.9 Å². The van der Waals surface area contributed by atoms with E-state index in [0.717, 1.165) is 36.2 Å². The number of nitrogens with one attached hydrogen (secondary N) is 4. The van der Waals surface area contributed by atoms with Crippen LogP contribution in [-0.4, -0.2) is 64.0 Å². The minimum absolute atomic E-state index is 0.0667. The summed E-state index contributed by atoms with van der Waals surface area (Å²) in [5.74, 6) is -3.23. The van der Waals surface area contributed by atoms with Crippen molar-refractivity contribution in [3.8, 4) is 0 Å². The van der Waals surface area contributed by atoms with Crippen molar-refractivity contribution in [3.63, 3.8) is 0 Å². The predicted molar refractivity (Wildman–Crippen MR) is 189 cm³/mol. The van der Waals surface area contributed by atoms with Crippen LogP contribution in [0.1, 0.15) is 65.7 Å². The van der Waals surface area contributed by atoms with Gasteiger partial charge in [0, 0.05) is 37.4 Å². The number of hydrogen-bond donors (Lipinski definition) is 7. The van der Waals surface area contributed by atoms with Crippen LogP contribution < -0.4 is 27.0 Å². The molecule has 3 rings (SSSR count). The molecule has 0 aliphatic rings. The van der Waals surface area contributed by atoms with Crippen molar-refractivity contribution in [1.82, 2.24) is 21.3 Å². The highest BCUT2D eigenvalue weighted by atomic mass is 31.2. The van der Waals surface area contributed by atoms with Crippen molar-refractivity contribution in [1.29, 1.82) is 0 Å². The second-order valence-electron chi connectivity index (χ2n) is 12.3. The van der Waals surface area contributed by atoms with Crippen LogP contribution in [0.5, 0.6) is 0 Å². The zero-order chi connectivity index (χ0) is 38.5. The van der Waals surface area contributed by atoms with Crippen molar-refractivity contribution in [3.05, 3.63) is 107 Å². The Labute approximate surface area is 300 Å². The Morgan fingerprint density at radius 2 is 1.27 bits per heavy atom. The Hall–Kier alpha value is -4.98. The molecule has 0 radical (unpaired) electrons. The monoisotopic (exact) mass is 743 g/mol. The maximum absolute atomic E-state index is 14.3. The van der Waals surface area contributed by atoms with E-state index in [1.165, 1.54) is 6.92 Å². The van der Waals surface area contributed by atoms with Crippen molar-refractivity contribution >= 4 is 37.1 Å². The molecule has 0 aromatic heterocycles. The number of carbonyl (C=O) groups is 5. The molecule has 5 amide bonds. The van der Waals surface area contributed by atoms with E-state index in [1.807, 2.05) is 19.1 Å². The molecule has 3 aromatic rings. The number of primary amides is 1. The molecule has 280 valence electrons. The molecule has 0 aliphatic carbocycles. The molecule has 0 spiro atoms. The zero-order valence-electron chi connectivity index (χ0n) is 28.8. The van der Waals surface area contributed by atoms with E-state index >= 15 is 0 Å². The van der Waals surface area contributed by atoms with Gasteiger partial charge in [-0.05, 0) is 54.5 Å². The summed E-state index contributed by atoms with van der Waals surface area (Å²) < 4.78 is 39.9. The summed E-state index contributed by atoms with van der Waals surface area (Å²) in [6.07, 6.45) is 1.52. The summed E-state index contributed by atoms with van der Waals surface area (Å²) in [7, 11) is -5.83. The molecule has 0 fully saturated rings. The third kappa shape index (κ3) is 12.4. The highest BCUT2D eigenvalue weighted by molar-refractivity contribution is 7.52. The first-order valence-electron chi connectivity index (χ1n) is 16.6. The lowest BCUT2D eigenvalue weighted by Crippen LogP contribution is -2.57. The van der Waals surface area contributed by atoms with E-state index in [2.05, 4.69) is 21.3 Å². The quantitative estimate of drug-likeness (QED) is 0.0714. The number of amides is 5. The summed E-state index contributed by atoms with van der Waals surface area (Å²) in [6.45, 7) is 3.51. The molecule has 3 atom stereocenters. The van der Waals surface area contributed by atoms with Crippen LogP contribution in [0.4, 0.5) is 8.78 Å². The number of aryl methyl sites for hydroxylation is 1. The molecule has 0 saturated carbocycles. The molecule has 52 heavy (non-hydrogen) atoms. The van der Waals surface area contributed by atoms with Crippen LogP contribution in [0, 0.1) is 0 Å². The maximum Gasteiger partial charge on any atom is 0.399 e. The van der Waals surface area contributed by atoms with E-state index in [1.54, 1.807) is 42.5 Å². The number of unbranched alkanes of at least 4 members (excludes halogenated alkanes) is 1. The Morgan fingerprint density at radius 3 is 1.79 bits per heavy atom. The highest BCUT2D eigenvalue weighted by Crippen LogP contribution is 2.59. The third-order valence-corrected chi connectivity index (χ3v) is 9.20. The van der Waals surface area contributed by atoms with Crippen LogP contribution >= 0.6 is 7.60 Å². The predicted octanol–water partition coefficient (Wildman–Crippen LogP) is 2.82. The van der Waals surface area contributed by atoms with Crippen LogP contribution in [0.2, 0.25) is 0 Å². The Bertz CT molecular complexity index is 1740.